The maximum atomic E-state index is 5.29. The van der Waals surface area contributed by atoms with Gasteiger partial charge in [-0.3, -0.25) is 4.90 Å². The van der Waals surface area contributed by atoms with Gasteiger partial charge in [-0.1, -0.05) is 30.3 Å². The van der Waals surface area contributed by atoms with E-state index in [1.54, 1.807) is 7.11 Å². The molecule has 0 radical (unpaired) electrons. The number of thiocarbonyl (C=S) groups is 1. The average molecular weight is 307 g/mol. The first kappa shape index (κ1) is 16.2. The predicted octanol–water partition coefficient (Wildman–Crippen LogP) is 1.76. The van der Waals surface area contributed by atoms with Crippen LogP contribution in [-0.4, -0.2) is 49.4 Å². The summed E-state index contributed by atoms with van der Waals surface area (Å²) in [6.07, 6.45) is 2.28. The number of ether oxygens (including phenoxy) is 1. The Morgan fingerprint density at radius 3 is 2.67 bits per heavy atom. The summed E-state index contributed by atoms with van der Waals surface area (Å²) in [4.78, 5) is 2.51. The minimum Gasteiger partial charge on any atom is -0.383 e. The Hall–Kier alpha value is -1.17. The maximum absolute atomic E-state index is 5.29. The minimum atomic E-state index is 0.486. The number of rotatable bonds is 6. The number of nitrogens with one attached hydrogen (secondary N) is 2. The molecule has 1 saturated heterocycles. The van der Waals surface area contributed by atoms with Crippen LogP contribution in [0.2, 0.25) is 0 Å². The molecule has 5 heteroatoms. The van der Waals surface area contributed by atoms with Crippen LogP contribution in [0.15, 0.2) is 30.3 Å². The number of hydrogen-bond acceptors (Lipinski definition) is 3. The van der Waals surface area contributed by atoms with E-state index in [4.69, 9.17) is 17.0 Å². The third kappa shape index (κ3) is 5.99. The Balaban J connectivity index is 1.65. The smallest absolute Gasteiger partial charge is 0.166 e. The monoisotopic (exact) mass is 307 g/mol. The summed E-state index contributed by atoms with van der Waals surface area (Å²) in [5.41, 5.74) is 1.39. The normalized spacial score (nSPS) is 16.6. The van der Waals surface area contributed by atoms with Gasteiger partial charge in [0.05, 0.1) is 6.61 Å². The molecule has 0 saturated carbocycles. The van der Waals surface area contributed by atoms with Gasteiger partial charge in [0, 0.05) is 39.3 Å². The fraction of sp³-hybridized carbons (Fsp3) is 0.562. The number of piperidine rings is 1. The summed E-state index contributed by atoms with van der Waals surface area (Å²) < 4.78 is 5.00. The van der Waals surface area contributed by atoms with Crippen molar-refractivity contribution in [2.24, 2.45) is 0 Å². The molecule has 0 bridgehead atoms. The molecule has 0 aromatic heterocycles. The van der Waals surface area contributed by atoms with E-state index in [1.807, 2.05) is 0 Å². The molecule has 1 aromatic carbocycles. The average Bonchev–Trinajstić information content (AvgIpc) is 2.51. The van der Waals surface area contributed by atoms with Crippen molar-refractivity contribution in [3.05, 3.63) is 35.9 Å². The van der Waals surface area contributed by atoms with Gasteiger partial charge >= 0.3 is 0 Å². The van der Waals surface area contributed by atoms with Crippen LogP contribution in [0.1, 0.15) is 18.4 Å². The van der Waals surface area contributed by atoms with Gasteiger partial charge in [0.1, 0.15) is 0 Å². The Bertz CT molecular complexity index is 419. The molecule has 0 atom stereocenters. The first-order valence-electron chi connectivity index (χ1n) is 7.57. The second-order valence-corrected chi connectivity index (χ2v) is 5.84. The summed E-state index contributed by atoms with van der Waals surface area (Å²) >= 11 is 5.29. The highest BCUT2D eigenvalue weighted by molar-refractivity contribution is 7.80. The molecule has 1 aliphatic rings. The summed E-state index contributed by atoms with van der Waals surface area (Å²) in [5, 5.41) is 7.31. The van der Waals surface area contributed by atoms with Crippen molar-refractivity contribution in [1.29, 1.82) is 0 Å². The molecular formula is C16H25N3OS. The maximum Gasteiger partial charge on any atom is 0.166 e. The van der Waals surface area contributed by atoms with Crippen LogP contribution in [0.25, 0.3) is 0 Å². The van der Waals surface area contributed by atoms with Crippen molar-refractivity contribution in [1.82, 2.24) is 15.5 Å². The minimum absolute atomic E-state index is 0.486. The zero-order valence-electron chi connectivity index (χ0n) is 12.7. The number of likely N-dealkylation sites (tertiary alicyclic amines) is 1. The molecule has 0 unspecified atom stereocenters. The lowest BCUT2D eigenvalue weighted by atomic mass is 10.0. The van der Waals surface area contributed by atoms with Gasteiger partial charge < -0.3 is 15.4 Å². The van der Waals surface area contributed by atoms with Crippen LogP contribution in [0.4, 0.5) is 0 Å². The van der Waals surface area contributed by atoms with Gasteiger partial charge in [-0.25, -0.2) is 0 Å². The Morgan fingerprint density at radius 2 is 2.00 bits per heavy atom. The highest BCUT2D eigenvalue weighted by Crippen LogP contribution is 2.13. The molecule has 0 amide bonds. The quantitative estimate of drug-likeness (QED) is 0.619. The molecule has 21 heavy (non-hydrogen) atoms. The van der Waals surface area contributed by atoms with Gasteiger partial charge in [-0.2, -0.15) is 0 Å². The van der Waals surface area contributed by atoms with E-state index in [0.29, 0.717) is 12.6 Å². The highest BCUT2D eigenvalue weighted by atomic mass is 32.1. The van der Waals surface area contributed by atoms with Crippen LogP contribution in [0.5, 0.6) is 0 Å². The van der Waals surface area contributed by atoms with Crippen LogP contribution in [-0.2, 0) is 11.3 Å². The van der Waals surface area contributed by atoms with E-state index in [9.17, 15) is 0 Å². The lowest BCUT2D eigenvalue weighted by Gasteiger charge is -2.33. The van der Waals surface area contributed by atoms with Gasteiger partial charge in [-0.15, -0.1) is 0 Å². The lowest BCUT2D eigenvalue weighted by Crippen LogP contribution is -2.48. The molecule has 1 fully saturated rings. The van der Waals surface area contributed by atoms with Crippen molar-refractivity contribution < 1.29 is 4.74 Å². The van der Waals surface area contributed by atoms with E-state index >= 15 is 0 Å². The van der Waals surface area contributed by atoms with Gasteiger partial charge in [0.25, 0.3) is 0 Å². The van der Waals surface area contributed by atoms with E-state index in [2.05, 4.69) is 45.9 Å². The van der Waals surface area contributed by atoms with E-state index < -0.39 is 0 Å². The second-order valence-electron chi connectivity index (χ2n) is 5.43. The zero-order chi connectivity index (χ0) is 14.9. The molecule has 1 heterocycles. The third-order valence-electron chi connectivity index (χ3n) is 3.76. The first-order valence-corrected chi connectivity index (χ1v) is 7.98. The van der Waals surface area contributed by atoms with Crippen molar-refractivity contribution in [3.63, 3.8) is 0 Å². The van der Waals surface area contributed by atoms with E-state index in [-0.39, 0.29) is 0 Å². The van der Waals surface area contributed by atoms with Gasteiger partial charge in [-0.05, 0) is 30.6 Å². The van der Waals surface area contributed by atoms with Gasteiger partial charge in [0.2, 0.25) is 0 Å². The molecule has 2 rings (SSSR count). The van der Waals surface area contributed by atoms with Crippen molar-refractivity contribution in [2.45, 2.75) is 25.4 Å². The van der Waals surface area contributed by atoms with Crippen molar-refractivity contribution in [3.8, 4) is 0 Å². The Kier molecular flexibility index (Phi) is 6.92. The zero-order valence-corrected chi connectivity index (χ0v) is 13.5. The highest BCUT2D eigenvalue weighted by Gasteiger charge is 2.19. The standard InChI is InChI=1S/C16H25N3OS/c1-20-12-9-17-16(21)18-15-7-10-19(11-8-15)13-14-5-3-2-4-6-14/h2-6,15H,7-13H2,1H3,(H2,17,18,21). The van der Waals surface area contributed by atoms with E-state index in [1.165, 1.54) is 5.56 Å². The summed E-state index contributed by atoms with van der Waals surface area (Å²) in [6, 6.07) is 11.1. The number of benzene rings is 1. The van der Waals surface area contributed by atoms with Gasteiger partial charge in [0.15, 0.2) is 5.11 Å². The predicted molar refractivity (Wildman–Crippen MR) is 90.4 cm³/mol. The molecule has 4 nitrogen and oxygen atoms in total. The molecule has 2 N–H and O–H groups in total. The molecule has 0 aliphatic carbocycles. The summed E-state index contributed by atoms with van der Waals surface area (Å²) in [5.74, 6) is 0. The fourth-order valence-corrected chi connectivity index (χ4v) is 2.85. The van der Waals surface area contributed by atoms with E-state index in [0.717, 1.165) is 44.1 Å². The van der Waals surface area contributed by atoms with Crippen LogP contribution in [0, 0.1) is 0 Å². The van der Waals surface area contributed by atoms with Crippen molar-refractivity contribution >= 4 is 17.3 Å². The molecule has 116 valence electrons. The molecule has 1 aromatic rings. The number of methoxy groups -OCH3 is 1. The lowest BCUT2D eigenvalue weighted by molar-refractivity contribution is 0.196. The third-order valence-corrected chi connectivity index (χ3v) is 4.03. The summed E-state index contributed by atoms with van der Waals surface area (Å²) in [7, 11) is 1.70. The van der Waals surface area contributed by atoms with Crippen LogP contribution < -0.4 is 10.6 Å². The first-order chi connectivity index (χ1) is 10.3. The Labute approximate surface area is 132 Å². The fourth-order valence-electron chi connectivity index (χ4n) is 2.58. The Morgan fingerprint density at radius 1 is 1.29 bits per heavy atom. The van der Waals surface area contributed by atoms with Crippen LogP contribution in [0.3, 0.4) is 0 Å². The topological polar surface area (TPSA) is 36.5 Å². The van der Waals surface area contributed by atoms with Crippen LogP contribution >= 0.6 is 12.2 Å². The number of hydrogen-bond donors (Lipinski definition) is 2. The molecule has 0 spiro atoms. The van der Waals surface area contributed by atoms with Crippen molar-refractivity contribution in [2.75, 3.05) is 33.4 Å². The summed E-state index contributed by atoms with van der Waals surface area (Å²) in [6.45, 7) is 4.72. The largest absolute Gasteiger partial charge is 0.383 e. The molecule has 1 aliphatic heterocycles. The number of nitrogens with zero attached hydrogens (tertiary/aromatic N) is 1. The SMILES string of the molecule is COCCNC(=S)NC1CCN(Cc2ccccc2)CC1. The molecular weight excluding hydrogens is 282 g/mol. The second kappa shape index (κ2) is 8.97.